The first-order chi connectivity index (χ1) is 17.2. The molecule has 0 bridgehead atoms. The first-order valence-electron chi connectivity index (χ1n) is 12.9. The van der Waals surface area contributed by atoms with Gasteiger partial charge in [0.25, 0.3) is 0 Å². The van der Waals surface area contributed by atoms with Crippen molar-refractivity contribution in [1.29, 1.82) is 0 Å². The molecule has 2 unspecified atom stereocenters. The highest BCUT2D eigenvalue weighted by Gasteiger charge is 2.45. The monoisotopic (exact) mass is 489 g/mol. The minimum Gasteiger partial charge on any atom is -0.497 e. The fourth-order valence-electron chi connectivity index (χ4n) is 5.11. The van der Waals surface area contributed by atoms with E-state index in [1.807, 2.05) is 30.3 Å². The molecule has 0 saturated carbocycles. The molecule has 0 aliphatic carbocycles. The quantitative estimate of drug-likeness (QED) is 0.348. The number of hydrogen-bond acceptors (Lipinski definition) is 5. The smallest absolute Gasteiger partial charge is 0.176 e. The van der Waals surface area contributed by atoms with Gasteiger partial charge in [0.15, 0.2) is 6.23 Å². The summed E-state index contributed by atoms with van der Waals surface area (Å²) >= 11 is 0. The van der Waals surface area contributed by atoms with Crippen LogP contribution in [0.15, 0.2) is 72.8 Å². The van der Waals surface area contributed by atoms with Crippen LogP contribution in [0.1, 0.15) is 69.6 Å². The third kappa shape index (κ3) is 5.53. The maximum Gasteiger partial charge on any atom is 0.176 e. The SMILES string of the molecule is CCC(C)NC(Oc1ccc([C@@H]2c3ccc(OC)cc3OC(C)(C)[C@H]2c2ccccc2)cc1)[C@H](C)O. The zero-order chi connectivity index (χ0) is 25.9. The molecule has 5 nitrogen and oxygen atoms in total. The fourth-order valence-corrected chi connectivity index (χ4v) is 5.11. The Morgan fingerprint density at radius 1 is 0.944 bits per heavy atom. The highest BCUT2D eigenvalue weighted by molar-refractivity contribution is 5.52. The molecule has 2 N–H and O–H groups in total. The molecule has 3 aromatic carbocycles. The number of methoxy groups -OCH3 is 1. The first kappa shape index (κ1) is 26.1. The van der Waals surface area contributed by atoms with E-state index in [0.717, 1.165) is 29.2 Å². The maximum absolute atomic E-state index is 10.2. The van der Waals surface area contributed by atoms with Crippen molar-refractivity contribution in [3.8, 4) is 17.2 Å². The van der Waals surface area contributed by atoms with Gasteiger partial charge in [0.2, 0.25) is 0 Å². The van der Waals surface area contributed by atoms with E-state index in [9.17, 15) is 5.11 Å². The van der Waals surface area contributed by atoms with Crippen molar-refractivity contribution < 1.29 is 19.3 Å². The lowest BCUT2D eigenvalue weighted by Crippen LogP contribution is -2.47. The van der Waals surface area contributed by atoms with Gasteiger partial charge in [0.1, 0.15) is 29.0 Å². The summed E-state index contributed by atoms with van der Waals surface area (Å²) in [7, 11) is 1.68. The second-order valence-electron chi connectivity index (χ2n) is 10.3. The standard InChI is InChI=1S/C31H39NO4/c1-7-20(2)32-30(21(3)33)35-24-15-13-22(14-16-24)28-26-18-17-25(34-6)19-27(26)36-31(4,5)29(28)23-11-9-8-10-12-23/h8-21,28-30,32-33H,7H2,1-6H3/t20?,21-,28+,29-,30?/m0/s1. The van der Waals surface area contributed by atoms with Crippen LogP contribution in [0.3, 0.4) is 0 Å². The molecule has 1 aliphatic rings. The minimum absolute atomic E-state index is 0.0805. The number of rotatable bonds is 9. The molecular weight excluding hydrogens is 450 g/mol. The van der Waals surface area contributed by atoms with Crippen molar-refractivity contribution in [1.82, 2.24) is 5.32 Å². The Bertz CT molecular complexity index is 1130. The van der Waals surface area contributed by atoms with E-state index in [2.05, 4.69) is 75.5 Å². The Balaban J connectivity index is 1.72. The summed E-state index contributed by atoms with van der Waals surface area (Å²) < 4.78 is 18.2. The molecule has 0 saturated heterocycles. The molecule has 192 valence electrons. The average molecular weight is 490 g/mol. The molecule has 5 heteroatoms. The van der Waals surface area contributed by atoms with E-state index in [4.69, 9.17) is 14.2 Å². The molecule has 3 aromatic rings. The van der Waals surface area contributed by atoms with Gasteiger partial charge >= 0.3 is 0 Å². The van der Waals surface area contributed by atoms with Gasteiger partial charge in [0.05, 0.1) is 7.11 Å². The summed E-state index contributed by atoms with van der Waals surface area (Å²) in [6.07, 6.45) is -0.159. The summed E-state index contributed by atoms with van der Waals surface area (Å²) in [5.41, 5.74) is 3.11. The molecule has 4 rings (SSSR count). The van der Waals surface area contributed by atoms with E-state index in [1.54, 1.807) is 14.0 Å². The lowest BCUT2D eigenvalue weighted by Gasteiger charge is -2.45. The van der Waals surface area contributed by atoms with Crippen molar-refractivity contribution in [3.05, 3.63) is 89.5 Å². The Morgan fingerprint density at radius 2 is 1.61 bits per heavy atom. The minimum atomic E-state index is -0.640. The van der Waals surface area contributed by atoms with E-state index in [0.29, 0.717) is 0 Å². The lowest BCUT2D eigenvalue weighted by atomic mass is 9.68. The van der Waals surface area contributed by atoms with Crippen molar-refractivity contribution in [3.63, 3.8) is 0 Å². The third-order valence-electron chi connectivity index (χ3n) is 7.17. The number of aliphatic hydroxyl groups excluding tert-OH is 1. The van der Waals surface area contributed by atoms with Crippen LogP contribution >= 0.6 is 0 Å². The van der Waals surface area contributed by atoms with Crippen LogP contribution in [0.4, 0.5) is 0 Å². The van der Waals surface area contributed by atoms with Gasteiger partial charge in [-0.1, -0.05) is 55.5 Å². The number of aliphatic hydroxyl groups is 1. The normalized spacial score (nSPS) is 21.0. The molecule has 5 atom stereocenters. The summed E-state index contributed by atoms with van der Waals surface area (Å²) in [4.78, 5) is 0. The average Bonchev–Trinajstić information content (AvgIpc) is 2.87. The lowest BCUT2D eigenvalue weighted by molar-refractivity contribution is 0.0202. The molecular formula is C31H39NO4. The summed E-state index contributed by atoms with van der Waals surface area (Å²) in [6.45, 7) is 10.3. The summed E-state index contributed by atoms with van der Waals surface area (Å²) in [5, 5.41) is 13.6. The third-order valence-corrected chi connectivity index (χ3v) is 7.17. The number of hydrogen-bond donors (Lipinski definition) is 2. The highest BCUT2D eigenvalue weighted by Crippen LogP contribution is 2.53. The largest absolute Gasteiger partial charge is 0.497 e. The molecule has 0 amide bonds. The molecule has 0 spiro atoms. The van der Waals surface area contributed by atoms with Crippen LogP contribution < -0.4 is 19.5 Å². The van der Waals surface area contributed by atoms with Gasteiger partial charge in [-0.3, -0.25) is 5.32 Å². The van der Waals surface area contributed by atoms with E-state index >= 15 is 0 Å². The zero-order valence-corrected chi connectivity index (χ0v) is 22.2. The molecule has 0 aromatic heterocycles. The van der Waals surface area contributed by atoms with E-state index in [1.165, 1.54) is 11.1 Å². The van der Waals surface area contributed by atoms with Crippen molar-refractivity contribution in [2.75, 3.05) is 7.11 Å². The second kappa shape index (κ2) is 10.9. The topological polar surface area (TPSA) is 60.0 Å². The number of fused-ring (bicyclic) bond motifs is 1. The van der Waals surface area contributed by atoms with Gasteiger partial charge in [-0.05, 0) is 63.4 Å². The van der Waals surface area contributed by atoms with Crippen LogP contribution in [-0.2, 0) is 0 Å². The molecule has 1 aliphatic heterocycles. The van der Waals surface area contributed by atoms with Gasteiger partial charge in [0, 0.05) is 29.5 Å². The molecule has 36 heavy (non-hydrogen) atoms. The van der Waals surface area contributed by atoms with Crippen LogP contribution in [0.5, 0.6) is 17.2 Å². The molecule has 0 fully saturated rings. The number of ether oxygens (including phenoxy) is 3. The number of nitrogens with one attached hydrogen (secondary N) is 1. The summed E-state index contributed by atoms with van der Waals surface area (Å²) in [6, 6.07) is 25.2. The van der Waals surface area contributed by atoms with Crippen molar-refractivity contribution in [2.24, 2.45) is 0 Å². The Labute approximate surface area is 215 Å². The van der Waals surface area contributed by atoms with Crippen LogP contribution in [0.2, 0.25) is 0 Å². The number of benzene rings is 3. The Hall–Kier alpha value is -3.02. The van der Waals surface area contributed by atoms with Gasteiger partial charge in [-0.15, -0.1) is 0 Å². The summed E-state index contributed by atoms with van der Waals surface area (Å²) in [5.74, 6) is 2.53. The Kier molecular flexibility index (Phi) is 7.91. The molecule has 1 heterocycles. The van der Waals surface area contributed by atoms with E-state index < -0.39 is 17.9 Å². The highest BCUT2D eigenvalue weighted by atomic mass is 16.5. The van der Waals surface area contributed by atoms with Crippen LogP contribution in [-0.4, -0.2) is 36.2 Å². The predicted molar refractivity (Wildman–Crippen MR) is 144 cm³/mol. The predicted octanol–water partition coefficient (Wildman–Crippen LogP) is 6.26. The molecule has 0 radical (unpaired) electrons. The second-order valence-corrected chi connectivity index (χ2v) is 10.3. The first-order valence-corrected chi connectivity index (χ1v) is 12.9. The van der Waals surface area contributed by atoms with Crippen LogP contribution in [0, 0.1) is 0 Å². The van der Waals surface area contributed by atoms with Gasteiger partial charge in [-0.25, -0.2) is 0 Å². The van der Waals surface area contributed by atoms with E-state index in [-0.39, 0.29) is 17.9 Å². The van der Waals surface area contributed by atoms with Crippen molar-refractivity contribution in [2.45, 2.75) is 76.9 Å². The fraction of sp³-hybridized carbons (Fsp3) is 0.419. The van der Waals surface area contributed by atoms with Crippen LogP contribution in [0.25, 0.3) is 0 Å². The Morgan fingerprint density at radius 3 is 2.22 bits per heavy atom. The van der Waals surface area contributed by atoms with Gasteiger partial charge in [-0.2, -0.15) is 0 Å². The van der Waals surface area contributed by atoms with Crippen molar-refractivity contribution >= 4 is 0 Å². The zero-order valence-electron chi connectivity index (χ0n) is 22.2. The maximum atomic E-state index is 10.2. The van der Waals surface area contributed by atoms with Gasteiger partial charge < -0.3 is 19.3 Å².